The summed E-state index contributed by atoms with van der Waals surface area (Å²) in [7, 11) is 1.77. The molecule has 0 spiro atoms. The van der Waals surface area contributed by atoms with E-state index in [4.69, 9.17) is 0 Å². The number of aryl methyl sites for hydroxylation is 1. The Morgan fingerprint density at radius 3 is 2.61 bits per heavy atom. The molecule has 4 nitrogen and oxygen atoms in total. The molecule has 0 unspecified atom stereocenters. The molecule has 0 aromatic heterocycles. The van der Waals surface area contributed by atoms with Gasteiger partial charge in [0.25, 0.3) is 0 Å². The number of carbonyl (C=O) groups excluding carboxylic acids is 2. The van der Waals surface area contributed by atoms with Crippen LogP contribution in [0.1, 0.15) is 12.0 Å². The zero-order chi connectivity index (χ0) is 13.0. The maximum atomic E-state index is 12.0. The highest BCUT2D eigenvalue weighted by atomic mass is 16.2. The van der Waals surface area contributed by atoms with E-state index < -0.39 is 0 Å². The highest BCUT2D eigenvalue weighted by Crippen LogP contribution is 2.07. The van der Waals surface area contributed by atoms with Crippen LogP contribution in [0, 0.1) is 0 Å². The van der Waals surface area contributed by atoms with Gasteiger partial charge in [0.1, 0.15) is 0 Å². The van der Waals surface area contributed by atoms with Crippen LogP contribution in [0.5, 0.6) is 0 Å². The van der Waals surface area contributed by atoms with Crippen LogP contribution in [0.2, 0.25) is 0 Å². The van der Waals surface area contributed by atoms with Gasteiger partial charge in [-0.1, -0.05) is 30.3 Å². The number of carbonyl (C=O) groups is 2. The third-order valence-corrected chi connectivity index (χ3v) is 3.28. The molecule has 1 aromatic carbocycles. The Labute approximate surface area is 107 Å². The van der Waals surface area contributed by atoms with Gasteiger partial charge in [-0.2, -0.15) is 0 Å². The second-order valence-electron chi connectivity index (χ2n) is 4.62. The molecule has 18 heavy (non-hydrogen) atoms. The number of nitrogens with zero attached hydrogens (tertiary/aromatic N) is 2. The number of benzene rings is 1. The molecule has 2 amide bonds. The van der Waals surface area contributed by atoms with Crippen molar-refractivity contribution >= 4 is 11.8 Å². The van der Waals surface area contributed by atoms with Crippen molar-refractivity contribution in [1.29, 1.82) is 0 Å². The van der Waals surface area contributed by atoms with Crippen LogP contribution >= 0.6 is 0 Å². The number of hydrogen-bond acceptors (Lipinski definition) is 2. The van der Waals surface area contributed by atoms with E-state index in [1.165, 1.54) is 0 Å². The summed E-state index contributed by atoms with van der Waals surface area (Å²) in [4.78, 5) is 26.8. The van der Waals surface area contributed by atoms with E-state index in [-0.39, 0.29) is 18.4 Å². The minimum Gasteiger partial charge on any atom is -0.342 e. The first-order valence-electron chi connectivity index (χ1n) is 6.22. The molecule has 1 fully saturated rings. The Kier molecular flexibility index (Phi) is 3.97. The monoisotopic (exact) mass is 246 g/mol. The van der Waals surface area contributed by atoms with Gasteiger partial charge in [-0.25, -0.2) is 0 Å². The fourth-order valence-corrected chi connectivity index (χ4v) is 2.03. The van der Waals surface area contributed by atoms with Crippen molar-refractivity contribution in [3.63, 3.8) is 0 Å². The van der Waals surface area contributed by atoms with Crippen LogP contribution < -0.4 is 0 Å². The average Bonchev–Trinajstić information content (AvgIpc) is 2.40. The lowest BCUT2D eigenvalue weighted by Crippen LogP contribution is -2.50. The Balaban J connectivity index is 1.83. The zero-order valence-corrected chi connectivity index (χ0v) is 10.6. The SMILES string of the molecule is CN1CCN(C(=O)CCc2ccccc2)CC1=O. The molecule has 96 valence electrons. The highest BCUT2D eigenvalue weighted by molar-refractivity contribution is 5.85. The van der Waals surface area contributed by atoms with Crippen molar-refractivity contribution in [3.8, 4) is 0 Å². The fraction of sp³-hybridized carbons (Fsp3) is 0.429. The number of rotatable bonds is 3. The van der Waals surface area contributed by atoms with E-state index in [0.717, 1.165) is 12.0 Å². The third kappa shape index (κ3) is 3.09. The number of piperazine rings is 1. The maximum absolute atomic E-state index is 12.0. The van der Waals surface area contributed by atoms with Crippen LogP contribution in [0.4, 0.5) is 0 Å². The Morgan fingerprint density at radius 2 is 1.94 bits per heavy atom. The first kappa shape index (κ1) is 12.6. The van der Waals surface area contributed by atoms with Gasteiger partial charge in [-0.05, 0) is 12.0 Å². The number of hydrogen-bond donors (Lipinski definition) is 0. The van der Waals surface area contributed by atoms with Crippen LogP contribution in [0.15, 0.2) is 30.3 Å². The summed E-state index contributed by atoms with van der Waals surface area (Å²) in [6.45, 7) is 1.51. The molecule has 0 bridgehead atoms. The maximum Gasteiger partial charge on any atom is 0.241 e. The molecule has 0 N–H and O–H groups in total. The molecule has 1 heterocycles. The van der Waals surface area contributed by atoms with Crippen molar-refractivity contribution in [3.05, 3.63) is 35.9 Å². The van der Waals surface area contributed by atoms with Crippen molar-refractivity contribution in [1.82, 2.24) is 9.80 Å². The molecular weight excluding hydrogens is 228 g/mol. The van der Waals surface area contributed by atoms with Crippen molar-refractivity contribution in [2.75, 3.05) is 26.7 Å². The quantitative estimate of drug-likeness (QED) is 0.795. The van der Waals surface area contributed by atoms with Gasteiger partial charge < -0.3 is 9.80 Å². The molecule has 0 saturated carbocycles. The second kappa shape index (κ2) is 5.67. The molecule has 0 radical (unpaired) electrons. The summed E-state index contributed by atoms with van der Waals surface area (Å²) in [6, 6.07) is 9.94. The smallest absolute Gasteiger partial charge is 0.241 e. The van der Waals surface area contributed by atoms with Gasteiger partial charge in [0, 0.05) is 26.6 Å². The summed E-state index contributed by atoms with van der Waals surface area (Å²) in [5.41, 5.74) is 1.16. The lowest BCUT2D eigenvalue weighted by Gasteiger charge is -2.32. The van der Waals surface area contributed by atoms with Gasteiger partial charge >= 0.3 is 0 Å². The summed E-state index contributed by atoms with van der Waals surface area (Å²) in [5, 5.41) is 0. The molecule has 0 aliphatic carbocycles. The van der Waals surface area contributed by atoms with Gasteiger partial charge in [0.15, 0.2) is 0 Å². The molecule has 1 aromatic rings. The second-order valence-corrected chi connectivity index (χ2v) is 4.62. The van der Waals surface area contributed by atoms with Crippen LogP contribution in [0.25, 0.3) is 0 Å². The topological polar surface area (TPSA) is 40.6 Å². The van der Waals surface area contributed by atoms with Gasteiger partial charge in [0.2, 0.25) is 11.8 Å². The average molecular weight is 246 g/mol. The first-order valence-corrected chi connectivity index (χ1v) is 6.22. The number of likely N-dealkylation sites (N-methyl/N-ethyl adjacent to an activating group) is 1. The van der Waals surface area contributed by atoms with Gasteiger partial charge in [-0.3, -0.25) is 9.59 Å². The summed E-state index contributed by atoms with van der Waals surface area (Å²) in [5.74, 6) is 0.0922. The molecular formula is C14H18N2O2. The van der Waals surface area contributed by atoms with E-state index >= 15 is 0 Å². The first-order chi connectivity index (χ1) is 8.66. The van der Waals surface area contributed by atoms with Crippen molar-refractivity contribution in [2.45, 2.75) is 12.8 Å². The van der Waals surface area contributed by atoms with Crippen LogP contribution in [-0.4, -0.2) is 48.3 Å². The Morgan fingerprint density at radius 1 is 1.22 bits per heavy atom. The fourth-order valence-electron chi connectivity index (χ4n) is 2.03. The molecule has 1 aliphatic rings. The third-order valence-electron chi connectivity index (χ3n) is 3.28. The summed E-state index contributed by atoms with van der Waals surface area (Å²) < 4.78 is 0. The normalized spacial score (nSPS) is 15.9. The van der Waals surface area contributed by atoms with Crippen LogP contribution in [-0.2, 0) is 16.0 Å². The lowest BCUT2D eigenvalue weighted by atomic mass is 10.1. The molecule has 1 aliphatic heterocycles. The molecule has 4 heteroatoms. The van der Waals surface area contributed by atoms with Crippen LogP contribution in [0.3, 0.4) is 0 Å². The largest absolute Gasteiger partial charge is 0.342 e. The van der Waals surface area contributed by atoms with E-state index in [2.05, 4.69) is 0 Å². The standard InChI is InChI=1S/C14H18N2O2/c1-15-9-10-16(11-14(15)18)13(17)8-7-12-5-3-2-4-6-12/h2-6H,7-11H2,1H3. The zero-order valence-electron chi connectivity index (χ0n) is 10.6. The predicted molar refractivity (Wildman–Crippen MR) is 69.0 cm³/mol. The summed E-state index contributed by atoms with van der Waals surface area (Å²) in [6.07, 6.45) is 1.21. The van der Waals surface area contributed by atoms with Gasteiger partial charge in [0.05, 0.1) is 6.54 Å². The van der Waals surface area contributed by atoms with E-state index in [9.17, 15) is 9.59 Å². The van der Waals surface area contributed by atoms with Gasteiger partial charge in [-0.15, -0.1) is 0 Å². The molecule has 0 atom stereocenters. The van der Waals surface area contributed by atoms with Crippen molar-refractivity contribution in [2.24, 2.45) is 0 Å². The molecule has 2 rings (SSSR count). The van der Waals surface area contributed by atoms with E-state index in [1.807, 2.05) is 30.3 Å². The molecule has 1 saturated heterocycles. The highest BCUT2D eigenvalue weighted by Gasteiger charge is 2.24. The predicted octanol–water partition coefficient (Wildman–Crippen LogP) is 0.920. The number of amides is 2. The van der Waals surface area contributed by atoms with Crippen molar-refractivity contribution < 1.29 is 9.59 Å². The minimum atomic E-state index is 0.0225. The van der Waals surface area contributed by atoms with E-state index in [0.29, 0.717) is 19.5 Å². The lowest BCUT2D eigenvalue weighted by molar-refractivity contribution is -0.144. The van der Waals surface area contributed by atoms with E-state index in [1.54, 1.807) is 16.8 Å². The summed E-state index contributed by atoms with van der Waals surface area (Å²) >= 11 is 0. The Hall–Kier alpha value is -1.84. The minimum absolute atomic E-state index is 0.0225. The Bertz CT molecular complexity index is 431.